The van der Waals surface area contributed by atoms with Crippen LogP contribution < -0.4 is 5.32 Å². The average molecular weight is 320 g/mol. The van der Waals surface area contributed by atoms with E-state index in [-0.39, 0.29) is 11.8 Å². The van der Waals surface area contributed by atoms with Gasteiger partial charge in [0.05, 0.1) is 6.20 Å². The number of hydrogen-bond donors (Lipinski definition) is 1. The highest BCUT2D eigenvalue weighted by Gasteiger charge is 2.24. The fourth-order valence-electron chi connectivity index (χ4n) is 2.15. The Hall–Kier alpha value is -2.02. The maximum absolute atomic E-state index is 12.5. The van der Waals surface area contributed by atoms with E-state index in [1.807, 2.05) is 6.92 Å². The third-order valence-electron chi connectivity index (χ3n) is 3.54. The van der Waals surface area contributed by atoms with Gasteiger partial charge < -0.3 is 15.0 Å². The Kier molecular flexibility index (Phi) is 6.93. The van der Waals surface area contributed by atoms with E-state index in [0.29, 0.717) is 44.5 Å². The monoisotopic (exact) mass is 320 g/mol. The lowest BCUT2D eigenvalue weighted by Gasteiger charge is -2.22. The third-order valence-corrected chi connectivity index (χ3v) is 3.54. The topological polar surface area (TPSA) is 84.4 Å². The van der Waals surface area contributed by atoms with Crippen LogP contribution >= 0.6 is 0 Å². The fraction of sp³-hybridized carbons (Fsp3) is 0.625. The van der Waals surface area contributed by atoms with Crippen molar-refractivity contribution in [1.29, 1.82) is 0 Å². The summed E-state index contributed by atoms with van der Waals surface area (Å²) in [5.41, 5.74) is 0.298. The maximum atomic E-state index is 12.5. The van der Waals surface area contributed by atoms with Gasteiger partial charge in [-0.15, -0.1) is 0 Å². The second kappa shape index (κ2) is 9.19. The van der Waals surface area contributed by atoms with E-state index in [0.717, 1.165) is 19.3 Å². The van der Waals surface area contributed by atoms with Crippen LogP contribution in [0.2, 0.25) is 0 Å². The van der Waals surface area contributed by atoms with Crippen molar-refractivity contribution in [2.45, 2.75) is 38.6 Å². The Bertz CT molecular complexity index is 505. The van der Waals surface area contributed by atoms with Crippen LogP contribution in [-0.2, 0) is 9.53 Å². The molecule has 1 fully saturated rings. The molecule has 1 saturated carbocycles. The first-order valence-electron chi connectivity index (χ1n) is 8.13. The minimum Gasteiger partial charge on any atom is -0.382 e. The van der Waals surface area contributed by atoms with Crippen LogP contribution in [0.15, 0.2) is 18.6 Å². The van der Waals surface area contributed by atoms with Gasteiger partial charge in [-0.1, -0.05) is 0 Å². The molecule has 1 aromatic rings. The Morgan fingerprint density at radius 2 is 2.17 bits per heavy atom. The molecule has 1 heterocycles. The zero-order valence-electron chi connectivity index (χ0n) is 13.5. The van der Waals surface area contributed by atoms with Gasteiger partial charge in [0.25, 0.3) is 5.91 Å². The summed E-state index contributed by atoms with van der Waals surface area (Å²) in [4.78, 5) is 34.0. The molecule has 1 N–H and O–H groups in total. The molecule has 0 radical (unpaired) electrons. The van der Waals surface area contributed by atoms with Crippen molar-refractivity contribution in [3.05, 3.63) is 24.3 Å². The van der Waals surface area contributed by atoms with Gasteiger partial charge in [-0.3, -0.25) is 14.6 Å². The molecule has 0 unspecified atom stereocenters. The van der Waals surface area contributed by atoms with Gasteiger partial charge >= 0.3 is 0 Å². The highest BCUT2D eigenvalue weighted by molar-refractivity contribution is 5.92. The van der Waals surface area contributed by atoms with Crippen molar-refractivity contribution < 1.29 is 14.3 Å². The van der Waals surface area contributed by atoms with Gasteiger partial charge in [-0.05, 0) is 26.2 Å². The molecule has 23 heavy (non-hydrogen) atoms. The molecule has 0 atom stereocenters. The van der Waals surface area contributed by atoms with Gasteiger partial charge in [0.2, 0.25) is 5.91 Å². The number of nitrogens with zero attached hydrogens (tertiary/aromatic N) is 3. The van der Waals surface area contributed by atoms with Gasteiger partial charge in [0.15, 0.2) is 0 Å². The summed E-state index contributed by atoms with van der Waals surface area (Å²) < 4.78 is 5.31. The van der Waals surface area contributed by atoms with Crippen molar-refractivity contribution in [3.8, 4) is 0 Å². The zero-order valence-corrected chi connectivity index (χ0v) is 13.5. The van der Waals surface area contributed by atoms with E-state index in [1.54, 1.807) is 4.90 Å². The van der Waals surface area contributed by atoms with Crippen LogP contribution in [0.1, 0.15) is 43.1 Å². The van der Waals surface area contributed by atoms with Crippen molar-refractivity contribution in [1.82, 2.24) is 20.2 Å². The molecule has 1 aliphatic rings. The van der Waals surface area contributed by atoms with Gasteiger partial charge in [0, 0.05) is 51.2 Å². The quantitative estimate of drug-likeness (QED) is 0.651. The molecule has 0 bridgehead atoms. The van der Waals surface area contributed by atoms with Gasteiger partial charge in [0.1, 0.15) is 5.69 Å². The Labute approximate surface area is 136 Å². The molecule has 7 nitrogen and oxygen atoms in total. The molecule has 2 amide bonds. The average Bonchev–Trinajstić information content (AvgIpc) is 3.38. The summed E-state index contributed by atoms with van der Waals surface area (Å²) in [6.07, 6.45) is 7.61. The van der Waals surface area contributed by atoms with E-state index in [9.17, 15) is 9.59 Å². The van der Waals surface area contributed by atoms with Crippen LogP contribution in [0.25, 0.3) is 0 Å². The minimum atomic E-state index is -0.200. The summed E-state index contributed by atoms with van der Waals surface area (Å²) >= 11 is 0. The van der Waals surface area contributed by atoms with E-state index in [2.05, 4.69) is 15.3 Å². The third kappa shape index (κ3) is 6.32. The Morgan fingerprint density at radius 1 is 1.35 bits per heavy atom. The van der Waals surface area contributed by atoms with Crippen LogP contribution in [0.3, 0.4) is 0 Å². The summed E-state index contributed by atoms with van der Waals surface area (Å²) in [5.74, 6) is -0.205. The van der Waals surface area contributed by atoms with E-state index in [4.69, 9.17) is 4.74 Å². The van der Waals surface area contributed by atoms with Crippen LogP contribution in [0.5, 0.6) is 0 Å². The lowest BCUT2D eigenvalue weighted by Crippen LogP contribution is -2.37. The molecule has 0 aliphatic heterocycles. The van der Waals surface area contributed by atoms with Crippen LogP contribution in [0, 0.1) is 0 Å². The molecule has 126 valence electrons. The molecule has 7 heteroatoms. The standard InChI is InChI=1S/C16H24N4O3/c1-2-23-11-3-9-20(10-6-15(21)19-13-4-5-13)16(22)14-12-17-7-8-18-14/h7-8,12-13H,2-6,9-11H2,1H3,(H,19,21). The maximum Gasteiger partial charge on any atom is 0.274 e. The predicted octanol–water partition coefficient (Wildman–Crippen LogP) is 1.01. The second-order valence-corrected chi connectivity index (χ2v) is 5.53. The van der Waals surface area contributed by atoms with Crippen LogP contribution in [-0.4, -0.2) is 59.0 Å². The number of rotatable bonds is 10. The summed E-state index contributed by atoms with van der Waals surface area (Å²) in [6, 6.07) is 0.338. The van der Waals surface area contributed by atoms with E-state index < -0.39 is 0 Å². The SMILES string of the molecule is CCOCCCN(CCC(=O)NC1CC1)C(=O)c1cnccn1. The van der Waals surface area contributed by atoms with Crippen molar-refractivity contribution in [2.24, 2.45) is 0 Å². The molecule has 0 aromatic carbocycles. The second-order valence-electron chi connectivity index (χ2n) is 5.53. The number of hydrogen-bond acceptors (Lipinski definition) is 5. The normalized spacial score (nSPS) is 13.6. The van der Waals surface area contributed by atoms with Crippen molar-refractivity contribution in [2.75, 3.05) is 26.3 Å². The Morgan fingerprint density at radius 3 is 2.83 bits per heavy atom. The summed E-state index contributed by atoms with van der Waals surface area (Å²) in [5, 5.41) is 2.93. The number of ether oxygens (including phenoxy) is 1. The summed E-state index contributed by atoms with van der Waals surface area (Å²) in [7, 11) is 0. The highest BCUT2D eigenvalue weighted by atomic mass is 16.5. The highest BCUT2D eigenvalue weighted by Crippen LogP contribution is 2.18. The smallest absolute Gasteiger partial charge is 0.274 e. The number of aromatic nitrogens is 2. The van der Waals surface area contributed by atoms with Crippen molar-refractivity contribution >= 4 is 11.8 Å². The number of nitrogens with one attached hydrogen (secondary N) is 1. The minimum absolute atomic E-state index is 0.00532. The molecule has 0 saturated heterocycles. The molecular formula is C16H24N4O3. The fourth-order valence-corrected chi connectivity index (χ4v) is 2.15. The van der Waals surface area contributed by atoms with E-state index in [1.165, 1.54) is 18.6 Å². The first-order chi connectivity index (χ1) is 11.2. The van der Waals surface area contributed by atoms with Gasteiger partial charge in [-0.2, -0.15) is 0 Å². The zero-order chi connectivity index (χ0) is 16.5. The molecule has 1 aliphatic carbocycles. The van der Waals surface area contributed by atoms with Crippen LogP contribution in [0.4, 0.5) is 0 Å². The predicted molar refractivity (Wildman–Crippen MR) is 84.8 cm³/mol. The van der Waals surface area contributed by atoms with E-state index >= 15 is 0 Å². The molecule has 0 spiro atoms. The number of carbonyl (C=O) groups is 2. The largest absolute Gasteiger partial charge is 0.382 e. The summed E-state index contributed by atoms with van der Waals surface area (Å²) in [6.45, 7) is 4.09. The lowest BCUT2D eigenvalue weighted by molar-refractivity contribution is -0.121. The molecule has 1 aromatic heterocycles. The Balaban J connectivity index is 1.87. The first kappa shape index (κ1) is 17.3. The lowest BCUT2D eigenvalue weighted by atomic mass is 10.3. The van der Waals surface area contributed by atoms with Gasteiger partial charge in [-0.25, -0.2) is 4.98 Å². The number of amides is 2. The number of carbonyl (C=O) groups excluding carboxylic acids is 2. The molecule has 2 rings (SSSR count). The molecular weight excluding hydrogens is 296 g/mol. The van der Waals surface area contributed by atoms with Crippen molar-refractivity contribution in [3.63, 3.8) is 0 Å². The first-order valence-corrected chi connectivity index (χ1v) is 8.13.